The van der Waals surface area contributed by atoms with Crippen LogP contribution >= 0.6 is 0 Å². The van der Waals surface area contributed by atoms with E-state index in [1.807, 2.05) is 24.3 Å². The molecule has 0 aliphatic carbocycles. The molecule has 2 aromatic rings. The van der Waals surface area contributed by atoms with Crippen molar-refractivity contribution in [2.45, 2.75) is 26.7 Å². The van der Waals surface area contributed by atoms with Gasteiger partial charge < -0.3 is 15.5 Å². The summed E-state index contributed by atoms with van der Waals surface area (Å²) in [4.78, 5) is 26.1. The predicted octanol–water partition coefficient (Wildman–Crippen LogP) is 3.14. The van der Waals surface area contributed by atoms with Crippen LogP contribution in [0.4, 0.5) is 11.4 Å². The van der Waals surface area contributed by atoms with Crippen LogP contribution in [0, 0.1) is 6.92 Å². The molecule has 0 saturated heterocycles. The van der Waals surface area contributed by atoms with Gasteiger partial charge in [-0.15, -0.1) is 0 Å². The third-order valence-corrected chi connectivity index (χ3v) is 4.77. The Morgan fingerprint density at radius 1 is 1.19 bits per heavy atom. The maximum Gasteiger partial charge on any atom is 0.251 e. The third-order valence-electron chi connectivity index (χ3n) is 4.77. The number of nitrogens with zero attached hydrogens (tertiary/aromatic N) is 1. The Hall–Kier alpha value is -2.82. The second-order valence-electron chi connectivity index (χ2n) is 6.54. The zero-order valence-corrected chi connectivity index (χ0v) is 15.3. The molecule has 5 nitrogen and oxygen atoms in total. The van der Waals surface area contributed by atoms with Gasteiger partial charge in [0.2, 0.25) is 5.91 Å². The summed E-state index contributed by atoms with van der Waals surface area (Å²) < 4.78 is 0. The van der Waals surface area contributed by atoms with Crippen LogP contribution < -0.4 is 15.5 Å². The van der Waals surface area contributed by atoms with Crippen LogP contribution in [0.5, 0.6) is 0 Å². The minimum atomic E-state index is -0.0782. The Bertz CT molecular complexity index is 817. The first-order chi connectivity index (χ1) is 12.6. The number of carbonyl (C=O) groups is 2. The molecule has 1 aliphatic heterocycles. The molecule has 0 unspecified atom stereocenters. The molecule has 1 heterocycles. The van der Waals surface area contributed by atoms with Gasteiger partial charge in [0, 0.05) is 43.0 Å². The molecule has 0 atom stereocenters. The lowest BCUT2D eigenvalue weighted by molar-refractivity contribution is -0.116. The van der Waals surface area contributed by atoms with Crippen LogP contribution in [-0.2, 0) is 11.2 Å². The predicted molar refractivity (Wildman–Crippen MR) is 105 cm³/mol. The van der Waals surface area contributed by atoms with Gasteiger partial charge in [0.15, 0.2) is 0 Å². The fourth-order valence-electron chi connectivity index (χ4n) is 3.30. The summed E-state index contributed by atoms with van der Waals surface area (Å²) in [5, 5.41) is 5.84. The van der Waals surface area contributed by atoms with E-state index in [2.05, 4.69) is 41.5 Å². The second kappa shape index (κ2) is 8.04. The third kappa shape index (κ3) is 4.04. The summed E-state index contributed by atoms with van der Waals surface area (Å²) in [7, 11) is 0. The van der Waals surface area contributed by atoms with Gasteiger partial charge in [0.1, 0.15) is 0 Å². The zero-order chi connectivity index (χ0) is 18.5. The van der Waals surface area contributed by atoms with Crippen LogP contribution in [-0.4, -0.2) is 31.4 Å². The number of hydrogen-bond acceptors (Lipinski definition) is 3. The first-order valence-electron chi connectivity index (χ1n) is 9.10. The monoisotopic (exact) mass is 351 g/mol. The van der Waals surface area contributed by atoms with Crippen molar-refractivity contribution in [1.29, 1.82) is 0 Å². The number of fused-ring (bicyclic) bond motifs is 1. The molecule has 2 amide bonds. The molecule has 0 saturated carbocycles. The Morgan fingerprint density at radius 3 is 2.77 bits per heavy atom. The topological polar surface area (TPSA) is 61.4 Å². The van der Waals surface area contributed by atoms with Gasteiger partial charge in [-0.1, -0.05) is 18.2 Å². The number of para-hydroxylation sites is 1. The van der Waals surface area contributed by atoms with E-state index in [9.17, 15) is 9.59 Å². The molecule has 3 rings (SSSR count). The zero-order valence-electron chi connectivity index (χ0n) is 15.3. The highest BCUT2D eigenvalue weighted by Crippen LogP contribution is 2.23. The highest BCUT2D eigenvalue weighted by atomic mass is 16.2. The van der Waals surface area contributed by atoms with Crippen molar-refractivity contribution < 1.29 is 9.59 Å². The summed E-state index contributed by atoms with van der Waals surface area (Å²) in [6, 6.07) is 13.7. The lowest BCUT2D eigenvalue weighted by Crippen LogP contribution is -2.35. The molecule has 1 aliphatic rings. The second-order valence-corrected chi connectivity index (χ2v) is 6.54. The van der Waals surface area contributed by atoms with E-state index >= 15 is 0 Å². The van der Waals surface area contributed by atoms with Crippen LogP contribution in [0.1, 0.15) is 34.8 Å². The lowest BCUT2D eigenvalue weighted by Gasteiger charge is -2.25. The summed E-state index contributed by atoms with van der Waals surface area (Å²) in [5.74, 6) is -0.0453. The highest BCUT2D eigenvalue weighted by molar-refractivity contribution is 5.97. The van der Waals surface area contributed by atoms with E-state index in [0.29, 0.717) is 24.9 Å². The molecular weight excluding hydrogens is 326 g/mol. The molecule has 2 aromatic carbocycles. The number of rotatable bonds is 6. The molecule has 5 heteroatoms. The molecule has 26 heavy (non-hydrogen) atoms. The van der Waals surface area contributed by atoms with E-state index in [1.165, 1.54) is 11.3 Å². The number of carbonyl (C=O) groups excluding carboxylic acids is 2. The number of benzene rings is 2. The van der Waals surface area contributed by atoms with Crippen LogP contribution in [0.25, 0.3) is 0 Å². The fraction of sp³-hybridized carbons (Fsp3) is 0.333. The number of amides is 2. The van der Waals surface area contributed by atoms with Gasteiger partial charge in [0.25, 0.3) is 5.91 Å². The molecular formula is C21H25N3O2. The summed E-state index contributed by atoms with van der Waals surface area (Å²) in [5.41, 5.74) is 4.91. The van der Waals surface area contributed by atoms with Crippen molar-refractivity contribution >= 4 is 23.2 Å². The Morgan fingerprint density at radius 2 is 2.00 bits per heavy atom. The lowest BCUT2D eigenvalue weighted by atomic mass is 10.00. The van der Waals surface area contributed by atoms with Gasteiger partial charge in [-0.05, 0) is 55.7 Å². The Kier molecular flexibility index (Phi) is 5.56. The summed E-state index contributed by atoms with van der Waals surface area (Å²) >= 11 is 0. The number of aryl methyl sites for hydroxylation is 2. The molecule has 0 fully saturated rings. The van der Waals surface area contributed by atoms with E-state index < -0.39 is 0 Å². The van der Waals surface area contributed by atoms with Crippen molar-refractivity contribution in [2.75, 3.05) is 29.9 Å². The maximum absolute atomic E-state index is 12.5. The Balaban J connectivity index is 1.59. The van der Waals surface area contributed by atoms with E-state index in [4.69, 9.17) is 0 Å². The molecule has 136 valence electrons. The van der Waals surface area contributed by atoms with Gasteiger partial charge in [-0.3, -0.25) is 9.59 Å². The van der Waals surface area contributed by atoms with Crippen molar-refractivity contribution in [3.05, 3.63) is 59.2 Å². The van der Waals surface area contributed by atoms with Crippen molar-refractivity contribution in [1.82, 2.24) is 5.32 Å². The van der Waals surface area contributed by atoms with Gasteiger partial charge in [0.05, 0.1) is 0 Å². The average Bonchev–Trinajstić information content (AvgIpc) is 2.65. The first-order valence-corrected chi connectivity index (χ1v) is 9.10. The minimum Gasteiger partial charge on any atom is -0.370 e. The molecule has 0 aromatic heterocycles. The number of nitrogens with one attached hydrogen (secondary N) is 2. The standard InChI is InChI=1S/C21H25N3O2/c1-3-24(19-7-5-4-6-15(19)2)13-12-22-21(26)17-8-10-18-16(14-17)9-11-20(25)23-18/h4-8,10,14H,3,9,11-13H2,1-2H3,(H,22,26)(H,23,25). The Labute approximate surface area is 154 Å². The van der Waals surface area contributed by atoms with E-state index in [-0.39, 0.29) is 11.8 Å². The highest BCUT2D eigenvalue weighted by Gasteiger charge is 2.16. The minimum absolute atomic E-state index is 0.0329. The van der Waals surface area contributed by atoms with Crippen LogP contribution in [0.3, 0.4) is 0 Å². The average molecular weight is 351 g/mol. The van der Waals surface area contributed by atoms with Crippen molar-refractivity contribution in [3.8, 4) is 0 Å². The van der Waals surface area contributed by atoms with Gasteiger partial charge >= 0.3 is 0 Å². The molecule has 0 bridgehead atoms. The van der Waals surface area contributed by atoms with Crippen molar-refractivity contribution in [3.63, 3.8) is 0 Å². The first kappa shape index (κ1) is 18.0. The number of anilines is 2. The van der Waals surface area contributed by atoms with E-state index in [0.717, 1.165) is 24.3 Å². The number of likely N-dealkylation sites (N-methyl/N-ethyl adjacent to an activating group) is 1. The quantitative estimate of drug-likeness (QED) is 0.840. The van der Waals surface area contributed by atoms with E-state index in [1.54, 1.807) is 6.07 Å². The number of hydrogen-bond donors (Lipinski definition) is 2. The SMILES string of the molecule is CCN(CCNC(=O)c1ccc2c(c1)CCC(=O)N2)c1ccccc1C. The fourth-order valence-corrected chi connectivity index (χ4v) is 3.30. The normalized spacial score (nSPS) is 12.9. The van der Waals surface area contributed by atoms with Crippen molar-refractivity contribution in [2.24, 2.45) is 0 Å². The molecule has 0 radical (unpaired) electrons. The smallest absolute Gasteiger partial charge is 0.251 e. The molecule has 0 spiro atoms. The van der Waals surface area contributed by atoms with Crippen LogP contribution in [0.2, 0.25) is 0 Å². The largest absolute Gasteiger partial charge is 0.370 e. The maximum atomic E-state index is 12.5. The summed E-state index contributed by atoms with van der Waals surface area (Å²) in [6.07, 6.45) is 1.15. The van der Waals surface area contributed by atoms with Gasteiger partial charge in [-0.2, -0.15) is 0 Å². The summed E-state index contributed by atoms with van der Waals surface area (Å²) in [6.45, 7) is 6.44. The van der Waals surface area contributed by atoms with Crippen LogP contribution in [0.15, 0.2) is 42.5 Å². The molecule has 2 N–H and O–H groups in total. The van der Waals surface area contributed by atoms with Gasteiger partial charge in [-0.25, -0.2) is 0 Å².